The lowest BCUT2D eigenvalue weighted by Crippen LogP contribution is -2.64. The Hall–Kier alpha value is -7.54. The molecule has 24 heteroatoms. The topological polar surface area (TPSA) is 320 Å². The minimum absolute atomic E-state index is 0.0545. The minimum atomic E-state index is -0.977. The first-order chi connectivity index (χ1) is 55.7. The van der Waals surface area contributed by atoms with Crippen LogP contribution in [-0.2, 0) is 60.8 Å². The number of piperidine rings is 2. The standard InChI is InChI=1S/C94H154N12O12/c1-19-21-43-75(83(109)97-73-59-91(11,12)105(117)92(13,14)60-73)99-87(113)81(65(7)8)101-85(111)77-45-37-53-103(77)89(115)69(57-67-39-31-29-32-40-67)49-51-71(55-63(3)4)95-79(107)47-35-27-25-23-24-26-28-36-48-80(108)96-72(56-64(5)6)52-50-70(58-68-41-33-30-34-42-68)90(116)104-54-38-46-78(104)86(112)102-82(66(9)10)88(114)100-76(44-22-20-2)84(110)98-74-61-93(15,16)106(118)94(17,18)62-74/h29-34,39-42,49-52,63-66,69-78,81-82,117-118H,19-28,35-38,43-48,53-62H2,1-18H3,(H,95,107)(H,96,108)(H,97,109)(H,98,110)(H,99,113)(H,100,114)(H,101,111)(H,102,112)/b51-49+,52-50+/t69-,70-,71-,72?,75+,76+,77+,78+,81+,82+/m1/s1. The zero-order valence-electron chi connectivity index (χ0n) is 75.3. The van der Waals surface area contributed by atoms with Crippen molar-refractivity contribution in [2.45, 2.75) is 387 Å². The van der Waals surface area contributed by atoms with Crippen molar-refractivity contribution in [1.29, 1.82) is 0 Å². The molecule has 10 N–H and O–H groups in total. The largest absolute Gasteiger partial charge is 0.351 e. The van der Waals surface area contributed by atoms with E-state index in [0.717, 1.165) is 75.3 Å². The van der Waals surface area contributed by atoms with Crippen molar-refractivity contribution in [3.05, 3.63) is 96.1 Å². The average molecular weight is 1640 g/mol. The lowest BCUT2D eigenvalue weighted by atomic mass is 9.79. The number of nitrogens with zero attached hydrogens (tertiary/aromatic N) is 4. The van der Waals surface area contributed by atoms with E-state index < -0.39 is 93.9 Å². The number of carbonyl (C=O) groups excluding carboxylic acids is 10. The molecule has 2 aromatic rings. The van der Waals surface area contributed by atoms with Crippen LogP contribution in [0.3, 0.4) is 0 Å². The van der Waals surface area contributed by atoms with Crippen LogP contribution in [0.25, 0.3) is 0 Å². The summed E-state index contributed by atoms with van der Waals surface area (Å²) in [6.07, 6.45) is 25.7. The summed E-state index contributed by atoms with van der Waals surface area (Å²) in [5.41, 5.74) is -0.449. The first-order valence-electron chi connectivity index (χ1n) is 45.1. The second-order valence-corrected chi connectivity index (χ2v) is 38.6. The van der Waals surface area contributed by atoms with Gasteiger partial charge in [-0.2, -0.15) is 10.1 Å². The molecular weight excluding hydrogens is 1490 g/mol. The lowest BCUT2D eigenvalue weighted by molar-refractivity contribution is -0.246. The van der Waals surface area contributed by atoms with Crippen molar-refractivity contribution in [1.82, 2.24) is 62.5 Å². The van der Waals surface area contributed by atoms with Gasteiger partial charge in [-0.3, -0.25) is 47.9 Å². The van der Waals surface area contributed by atoms with Crippen LogP contribution in [0.4, 0.5) is 0 Å². The van der Waals surface area contributed by atoms with E-state index in [1.165, 1.54) is 10.1 Å². The molecule has 0 saturated carbocycles. The van der Waals surface area contributed by atoms with Gasteiger partial charge in [-0.1, -0.05) is 218 Å². The number of rotatable bonds is 47. The Labute approximate surface area is 708 Å². The van der Waals surface area contributed by atoms with Gasteiger partial charge in [0.1, 0.15) is 36.3 Å². The fourth-order valence-electron chi connectivity index (χ4n) is 18.2. The van der Waals surface area contributed by atoms with Gasteiger partial charge in [-0.15, -0.1) is 0 Å². The number of hydroxylamine groups is 4. The van der Waals surface area contributed by atoms with Gasteiger partial charge in [0.15, 0.2) is 0 Å². The van der Waals surface area contributed by atoms with Gasteiger partial charge in [0.05, 0.1) is 11.8 Å². The van der Waals surface area contributed by atoms with Gasteiger partial charge >= 0.3 is 0 Å². The molecule has 0 spiro atoms. The number of nitrogens with one attached hydrogen (secondary N) is 8. The Kier molecular flexibility index (Phi) is 40.1. The highest BCUT2D eigenvalue weighted by atomic mass is 16.5. The van der Waals surface area contributed by atoms with E-state index in [1.807, 2.05) is 182 Å². The zero-order chi connectivity index (χ0) is 87.2. The summed E-state index contributed by atoms with van der Waals surface area (Å²) in [6, 6.07) is 13.1. The molecule has 0 bridgehead atoms. The molecular formula is C94H154N12O12. The molecule has 118 heavy (non-hydrogen) atoms. The predicted octanol–water partition coefficient (Wildman–Crippen LogP) is 13.4. The first-order valence-corrected chi connectivity index (χ1v) is 45.1. The van der Waals surface area contributed by atoms with E-state index in [1.54, 1.807) is 9.80 Å². The van der Waals surface area contributed by atoms with Gasteiger partial charge in [0.25, 0.3) is 0 Å². The van der Waals surface area contributed by atoms with E-state index in [9.17, 15) is 58.4 Å². The molecule has 4 aliphatic rings. The molecule has 2 aromatic carbocycles. The van der Waals surface area contributed by atoms with Gasteiger partial charge in [-0.25, -0.2) is 0 Å². The van der Waals surface area contributed by atoms with Gasteiger partial charge in [-0.05, 0) is 193 Å². The van der Waals surface area contributed by atoms with Crippen molar-refractivity contribution in [3.8, 4) is 0 Å². The molecule has 4 heterocycles. The fourth-order valence-corrected chi connectivity index (χ4v) is 18.2. The van der Waals surface area contributed by atoms with Crippen molar-refractivity contribution in [3.63, 3.8) is 0 Å². The monoisotopic (exact) mass is 1640 g/mol. The van der Waals surface area contributed by atoms with Crippen LogP contribution >= 0.6 is 0 Å². The molecule has 10 atom stereocenters. The Morgan fingerprint density at radius 2 is 0.746 bits per heavy atom. The smallest absolute Gasteiger partial charge is 0.243 e. The number of benzene rings is 2. The highest BCUT2D eigenvalue weighted by Crippen LogP contribution is 2.39. The van der Waals surface area contributed by atoms with Crippen LogP contribution in [0.15, 0.2) is 85.0 Å². The molecule has 0 aromatic heterocycles. The fraction of sp³-hybridized carbons (Fsp3) is 0.723. The highest BCUT2D eigenvalue weighted by molar-refractivity contribution is 5.97. The Bertz CT molecular complexity index is 3310. The van der Waals surface area contributed by atoms with Gasteiger partial charge in [0.2, 0.25) is 59.1 Å². The predicted molar refractivity (Wildman–Crippen MR) is 466 cm³/mol. The maximum absolute atomic E-state index is 14.9. The third kappa shape index (κ3) is 31.5. The van der Waals surface area contributed by atoms with Crippen LogP contribution in [0.1, 0.15) is 303 Å². The third-order valence-corrected chi connectivity index (χ3v) is 24.2. The van der Waals surface area contributed by atoms with Crippen LogP contribution in [0, 0.1) is 35.5 Å². The summed E-state index contributed by atoms with van der Waals surface area (Å²) < 4.78 is 0. The number of carbonyl (C=O) groups is 10. The number of amides is 10. The molecule has 4 aliphatic heterocycles. The van der Waals surface area contributed by atoms with Crippen molar-refractivity contribution in [2.75, 3.05) is 13.1 Å². The lowest BCUT2D eigenvalue weighted by Gasteiger charge is -2.51. The van der Waals surface area contributed by atoms with E-state index in [0.29, 0.717) is 129 Å². The minimum Gasteiger partial charge on any atom is -0.351 e. The Balaban J connectivity index is 0.971. The van der Waals surface area contributed by atoms with E-state index in [2.05, 4.69) is 70.2 Å². The number of hydrogen-bond acceptors (Lipinski definition) is 14. The molecule has 24 nitrogen and oxygen atoms in total. The molecule has 1 unspecified atom stereocenters. The molecule has 4 fully saturated rings. The summed E-state index contributed by atoms with van der Waals surface area (Å²) in [7, 11) is 0. The first kappa shape index (κ1) is 99.3. The second-order valence-electron chi connectivity index (χ2n) is 38.6. The van der Waals surface area contributed by atoms with Crippen molar-refractivity contribution < 1.29 is 58.4 Å². The summed E-state index contributed by atoms with van der Waals surface area (Å²) in [6.45, 7) is 36.1. The SMILES string of the molecule is CCCC[C@H](NC(=O)[C@@H](NC(=O)[C@@H]1CCCN1C(=O)[C@H](/C=C/C(CC(C)C)NC(=O)CCCCCCCCCCC(=O)N[C@H](/C=C/[C@H](Cc1ccccc1)C(=O)N1CCC[C@H]1C(=O)N[C@H](C(=O)N[C@@H](CCCC)C(=O)NC1CC(C)(C)N(O)C(C)(C)C1)C(C)C)CC(C)C)Cc1ccccc1)C(C)C)C(=O)NC1CC(C)(C)N(O)C(C)(C)C1. The van der Waals surface area contributed by atoms with Gasteiger partial charge < -0.3 is 62.7 Å². The van der Waals surface area contributed by atoms with E-state index >= 15 is 0 Å². The second kappa shape index (κ2) is 47.6. The molecule has 6 rings (SSSR count). The number of likely N-dealkylation sites (tertiary alicyclic amines) is 2. The molecule has 0 radical (unpaired) electrons. The number of unbranched alkanes of at least 4 members (excludes halogenated alkanes) is 9. The van der Waals surface area contributed by atoms with Crippen LogP contribution in [0.2, 0.25) is 0 Å². The summed E-state index contributed by atoms with van der Waals surface area (Å²) in [5.74, 6) is -4.42. The summed E-state index contributed by atoms with van der Waals surface area (Å²) in [4.78, 5) is 146. The highest BCUT2D eigenvalue weighted by Gasteiger charge is 2.49. The van der Waals surface area contributed by atoms with Crippen LogP contribution in [-0.4, -0.2) is 185 Å². The van der Waals surface area contributed by atoms with E-state index in [4.69, 9.17) is 0 Å². The van der Waals surface area contributed by atoms with Crippen molar-refractivity contribution >= 4 is 59.1 Å². The van der Waals surface area contributed by atoms with Gasteiger partial charge in [0, 0.05) is 72.3 Å². The van der Waals surface area contributed by atoms with Crippen LogP contribution < -0.4 is 42.5 Å². The number of hydrogen-bond donors (Lipinski definition) is 10. The quantitative estimate of drug-likeness (QED) is 0.0218. The molecule has 4 saturated heterocycles. The Morgan fingerprint density at radius 3 is 1.05 bits per heavy atom. The summed E-state index contributed by atoms with van der Waals surface area (Å²) in [5, 5.41) is 49.4. The molecule has 0 aliphatic carbocycles. The normalized spacial score (nSPS) is 20.4. The van der Waals surface area contributed by atoms with Crippen molar-refractivity contribution in [2.24, 2.45) is 35.5 Å². The van der Waals surface area contributed by atoms with E-state index in [-0.39, 0.29) is 83.3 Å². The zero-order valence-corrected chi connectivity index (χ0v) is 75.3. The maximum Gasteiger partial charge on any atom is 0.243 e. The Morgan fingerprint density at radius 1 is 0.424 bits per heavy atom. The molecule has 10 amide bonds. The summed E-state index contributed by atoms with van der Waals surface area (Å²) >= 11 is 0. The molecule has 662 valence electrons. The third-order valence-electron chi connectivity index (χ3n) is 24.2. The van der Waals surface area contributed by atoms with Crippen LogP contribution in [0.5, 0.6) is 0 Å². The maximum atomic E-state index is 14.9. The average Bonchev–Trinajstić information content (AvgIpc) is 1.36.